The molecule has 0 aromatic carbocycles. The van der Waals surface area contributed by atoms with Crippen LogP contribution in [-0.2, 0) is 4.79 Å². The van der Waals surface area contributed by atoms with E-state index in [1.807, 2.05) is 0 Å². The Balaban J connectivity index is 2.30. The molecule has 0 spiro atoms. The van der Waals surface area contributed by atoms with Crippen LogP contribution in [0.25, 0.3) is 0 Å². The van der Waals surface area contributed by atoms with Gasteiger partial charge in [-0.2, -0.15) is 0 Å². The molecule has 2 rings (SSSR count). The summed E-state index contributed by atoms with van der Waals surface area (Å²) < 4.78 is 0. The quantitative estimate of drug-likeness (QED) is 0.648. The minimum absolute atomic E-state index is 0.0992. The average Bonchev–Trinajstić information content (AvgIpc) is 2.90. The summed E-state index contributed by atoms with van der Waals surface area (Å²) in [5, 5.41) is 24.5. The smallest absolute Gasteiger partial charge is 0.331 e. The fourth-order valence-electron chi connectivity index (χ4n) is 1.65. The molecule has 0 aliphatic rings. The van der Waals surface area contributed by atoms with Crippen molar-refractivity contribution in [2.45, 2.75) is 13.0 Å². The van der Waals surface area contributed by atoms with E-state index in [-0.39, 0.29) is 11.5 Å². The van der Waals surface area contributed by atoms with Crippen molar-refractivity contribution in [3.8, 4) is 0 Å². The summed E-state index contributed by atoms with van der Waals surface area (Å²) in [6.45, 7) is 1.57. The number of rotatable bonds is 5. The molecule has 0 aliphatic heterocycles. The van der Waals surface area contributed by atoms with Crippen LogP contribution >= 0.6 is 11.3 Å². The van der Waals surface area contributed by atoms with Crippen molar-refractivity contribution in [1.29, 1.82) is 0 Å². The van der Waals surface area contributed by atoms with Crippen LogP contribution in [0.3, 0.4) is 0 Å². The first-order chi connectivity index (χ1) is 9.49. The number of nitrogens with one attached hydrogen (secondary N) is 1. The maximum absolute atomic E-state index is 11.3. The second-order valence-corrected chi connectivity index (χ2v) is 5.02. The number of hydrogen-bond acceptors (Lipinski definition) is 6. The first-order valence-electron chi connectivity index (χ1n) is 5.63. The molecule has 0 radical (unpaired) electrons. The first-order valence-corrected chi connectivity index (χ1v) is 6.51. The zero-order valence-electron chi connectivity index (χ0n) is 10.4. The largest absolute Gasteiger partial charge is 0.479 e. The standard InChI is InChI=1S/C12H11N3O4S/c1-7-6-13-10(5-8(7)15(18)19)14-11(12(16)17)9-3-2-4-20-9/h2-6,11H,1H3,(H,13,14)(H,16,17). The van der Waals surface area contributed by atoms with E-state index in [9.17, 15) is 20.0 Å². The number of anilines is 1. The molecule has 1 unspecified atom stereocenters. The molecule has 7 nitrogen and oxygen atoms in total. The summed E-state index contributed by atoms with van der Waals surface area (Å²) in [6.07, 6.45) is 1.34. The Hall–Kier alpha value is -2.48. The number of carboxylic acids is 1. The summed E-state index contributed by atoms with van der Waals surface area (Å²) in [5.74, 6) is -0.916. The molecule has 104 valence electrons. The Morgan fingerprint density at radius 3 is 2.90 bits per heavy atom. The summed E-state index contributed by atoms with van der Waals surface area (Å²) in [6, 6.07) is 3.67. The number of thiophene rings is 1. The number of pyridine rings is 1. The van der Waals surface area contributed by atoms with Gasteiger partial charge in [-0.15, -0.1) is 11.3 Å². The average molecular weight is 293 g/mol. The van der Waals surface area contributed by atoms with Crippen molar-refractivity contribution in [2.24, 2.45) is 0 Å². The molecule has 0 fully saturated rings. The van der Waals surface area contributed by atoms with Crippen LogP contribution in [0.2, 0.25) is 0 Å². The number of nitrogens with zero attached hydrogens (tertiary/aromatic N) is 2. The van der Waals surface area contributed by atoms with Gasteiger partial charge in [0.2, 0.25) is 0 Å². The van der Waals surface area contributed by atoms with Crippen LogP contribution in [0.15, 0.2) is 29.8 Å². The lowest BCUT2D eigenvalue weighted by molar-refractivity contribution is -0.385. The van der Waals surface area contributed by atoms with Crippen LogP contribution in [0.5, 0.6) is 0 Å². The molecule has 1 atom stereocenters. The van der Waals surface area contributed by atoms with Crippen molar-refractivity contribution in [1.82, 2.24) is 4.98 Å². The molecule has 2 N–H and O–H groups in total. The Morgan fingerprint density at radius 1 is 1.60 bits per heavy atom. The van der Waals surface area contributed by atoms with Gasteiger partial charge in [-0.1, -0.05) is 6.07 Å². The lowest BCUT2D eigenvalue weighted by Gasteiger charge is -2.13. The SMILES string of the molecule is Cc1cnc(NC(C(=O)O)c2cccs2)cc1[N+](=O)[O-]. The molecule has 20 heavy (non-hydrogen) atoms. The molecule has 0 bridgehead atoms. The number of nitro groups is 1. The molecule has 2 heterocycles. The van der Waals surface area contributed by atoms with E-state index in [0.717, 1.165) is 0 Å². The molecule has 2 aromatic heterocycles. The molecule has 0 aliphatic carbocycles. The molecule has 8 heteroatoms. The van der Waals surface area contributed by atoms with Gasteiger partial charge >= 0.3 is 5.97 Å². The lowest BCUT2D eigenvalue weighted by Crippen LogP contribution is -2.20. The van der Waals surface area contributed by atoms with Crippen molar-refractivity contribution in [3.63, 3.8) is 0 Å². The van der Waals surface area contributed by atoms with Crippen LogP contribution in [-0.4, -0.2) is 21.0 Å². The maximum atomic E-state index is 11.3. The number of aryl methyl sites for hydroxylation is 1. The summed E-state index contributed by atoms with van der Waals surface area (Å²) >= 11 is 1.29. The zero-order chi connectivity index (χ0) is 14.7. The third-order valence-electron chi connectivity index (χ3n) is 2.64. The third-order valence-corrected chi connectivity index (χ3v) is 3.58. The normalized spacial score (nSPS) is 11.8. The van der Waals surface area contributed by atoms with Gasteiger partial charge in [-0.3, -0.25) is 10.1 Å². The van der Waals surface area contributed by atoms with E-state index in [1.165, 1.54) is 23.6 Å². The van der Waals surface area contributed by atoms with E-state index in [4.69, 9.17) is 0 Å². The topological polar surface area (TPSA) is 105 Å². The van der Waals surface area contributed by atoms with Crippen molar-refractivity contribution in [2.75, 3.05) is 5.32 Å². The number of aliphatic carboxylic acids is 1. The number of carbonyl (C=O) groups is 1. The van der Waals surface area contributed by atoms with Gasteiger partial charge in [0, 0.05) is 16.6 Å². The molecular formula is C12H11N3O4S. The van der Waals surface area contributed by atoms with E-state index in [1.54, 1.807) is 24.4 Å². The highest BCUT2D eigenvalue weighted by Crippen LogP contribution is 2.26. The van der Waals surface area contributed by atoms with E-state index >= 15 is 0 Å². The number of carboxylic acid groups (broad SMARTS) is 1. The molecule has 0 amide bonds. The van der Waals surface area contributed by atoms with Crippen molar-refractivity contribution < 1.29 is 14.8 Å². The second-order valence-electron chi connectivity index (χ2n) is 4.04. The third kappa shape index (κ3) is 2.91. The Morgan fingerprint density at radius 2 is 2.35 bits per heavy atom. The number of hydrogen-bond donors (Lipinski definition) is 2. The van der Waals surface area contributed by atoms with E-state index in [0.29, 0.717) is 10.4 Å². The molecule has 0 saturated heterocycles. The summed E-state index contributed by atoms with van der Waals surface area (Å²) in [7, 11) is 0. The highest BCUT2D eigenvalue weighted by atomic mass is 32.1. The van der Waals surface area contributed by atoms with Gasteiger partial charge in [0.1, 0.15) is 5.82 Å². The fourth-order valence-corrected chi connectivity index (χ4v) is 2.41. The Kier molecular flexibility index (Phi) is 3.94. The monoisotopic (exact) mass is 293 g/mol. The van der Waals surface area contributed by atoms with Gasteiger partial charge in [0.15, 0.2) is 6.04 Å². The second kappa shape index (κ2) is 5.66. The van der Waals surface area contributed by atoms with Gasteiger partial charge in [0.25, 0.3) is 5.69 Å². The minimum atomic E-state index is -1.07. The van der Waals surface area contributed by atoms with E-state index < -0.39 is 16.9 Å². The summed E-state index contributed by atoms with van der Waals surface area (Å²) in [5.41, 5.74) is 0.321. The van der Waals surface area contributed by atoms with Gasteiger partial charge < -0.3 is 10.4 Å². The predicted octanol–water partition coefficient (Wildman–Crippen LogP) is 2.60. The van der Waals surface area contributed by atoms with Gasteiger partial charge in [0.05, 0.1) is 11.0 Å². The molecule has 0 saturated carbocycles. The highest BCUT2D eigenvalue weighted by Gasteiger charge is 2.22. The predicted molar refractivity (Wildman–Crippen MR) is 73.9 cm³/mol. The van der Waals surface area contributed by atoms with E-state index in [2.05, 4.69) is 10.3 Å². The maximum Gasteiger partial charge on any atom is 0.331 e. The van der Waals surface area contributed by atoms with Crippen LogP contribution < -0.4 is 5.32 Å². The number of aromatic nitrogens is 1. The molecule has 2 aromatic rings. The van der Waals surface area contributed by atoms with Gasteiger partial charge in [-0.05, 0) is 18.4 Å². The summed E-state index contributed by atoms with van der Waals surface area (Å²) in [4.78, 5) is 26.2. The first kappa shape index (κ1) is 13.9. The molecular weight excluding hydrogens is 282 g/mol. The lowest BCUT2D eigenvalue weighted by atomic mass is 10.2. The highest BCUT2D eigenvalue weighted by molar-refractivity contribution is 7.10. The Labute approximate surface area is 118 Å². The zero-order valence-corrected chi connectivity index (χ0v) is 11.3. The van der Waals surface area contributed by atoms with Gasteiger partial charge in [-0.25, -0.2) is 9.78 Å². The van der Waals surface area contributed by atoms with Crippen LogP contribution in [0.1, 0.15) is 16.5 Å². The van der Waals surface area contributed by atoms with Crippen molar-refractivity contribution in [3.05, 3.63) is 50.3 Å². The van der Waals surface area contributed by atoms with Crippen LogP contribution in [0, 0.1) is 17.0 Å². The minimum Gasteiger partial charge on any atom is -0.479 e. The van der Waals surface area contributed by atoms with Crippen molar-refractivity contribution >= 4 is 28.8 Å². The van der Waals surface area contributed by atoms with Crippen LogP contribution in [0.4, 0.5) is 11.5 Å². The fraction of sp³-hybridized carbons (Fsp3) is 0.167. The Bertz CT molecular complexity index is 642.